The maximum Gasteiger partial charge on any atom is 0.191 e. The lowest BCUT2D eigenvalue weighted by atomic mass is 11.3. The van der Waals surface area contributed by atoms with E-state index in [9.17, 15) is 8.42 Å². The highest BCUT2D eigenvalue weighted by Gasteiger charge is 1.90. The second kappa shape index (κ2) is 3.40. The first-order valence-corrected chi connectivity index (χ1v) is 3.23. The molecule has 8 heavy (non-hydrogen) atoms. The number of hydrogen-bond donors (Lipinski definition) is 0. The summed E-state index contributed by atoms with van der Waals surface area (Å²) in [6, 6.07) is 0. The first kappa shape index (κ1) is 10.4. The summed E-state index contributed by atoms with van der Waals surface area (Å²) in [6.45, 7) is 6.09. The Labute approximate surface area is 48.6 Å². The molecule has 0 rings (SSSR count). The van der Waals surface area contributed by atoms with Crippen molar-refractivity contribution in [1.82, 2.24) is 0 Å². The van der Waals surface area contributed by atoms with E-state index in [0.717, 1.165) is 10.8 Å². The number of hydrogen-bond acceptors (Lipinski definition) is 2. The van der Waals surface area contributed by atoms with Crippen LogP contribution in [0.25, 0.3) is 0 Å². The Morgan fingerprint density at radius 1 is 1.12 bits per heavy atom. The fourth-order valence-electron chi connectivity index (χ4n) is 0.0680. The standard InChI is InChI=1S/C4H6O2S.H2O/c1-3-7(5,6)4-2;/h3-4H,1-2H2;1H2. The second-order valence-electron chi connectivity index (χ2n) is 0.922. The molecule has 4 heteroatoms. The van der Waals surface area contributed by atoms with Crippen LogP contribution in [-0.4, -0.2) is 13.9 Å². The van der Waals surface area contributed by atoms with Crippen LogP contribution in [0.1, 0.15) is 0 Å². The van der Waals surface area contributed by atoms with Crippen LogP contribution in [0.3, 0.4) is 0 Å². The van der Waals surface area contributed by atoms with E-state index in [2.05, 4.69) is 13.2 Å². The van der Waals surface area contributed by atoms with Gasteiger partial charge in [-0.05, 0) is 0 Å². The van der Waals surface area contributed by atoms with E-state index in [0.29, 0.717) is 0 Å². The number of rotatable bonds is 2. The molecule has 0 aliphatic rings. The van der Waals surface area contributed by atoms with Gasteiger partial charge in [-0.1, -0.05) is 13.2 Å². The highest BCUT2D eigenvalue weighted by molar-refractivity contribution is 7.97. The zero-order valence-electron chi connectivity index (χ0n) is 4.29. The topological polar surface area (TPSA) is 65.6 Å². The summed E-state index contributed by atoms with van der Waals surface area (Å²) in [6.07, 6.45) is 0. The Morgan fingerprint density at radius 2 is 1.38 bits per heavy atom. The Bertz CT molecular complexity index is 152. The van der Waals surface area contributed by atoms with Crippen LogP contribution in [0.4, 0.5) is 0 Å². The zero-order valence-corrected chi connectivity index (χ0v) is 5.11. The van der Waals surface area contributed by atoms with Gasteiger partial charge >= 0.3 is 0 Å². The minimum atomic E-state index is -3.13. The first-order chi connectivity index (χ1) is 3.12. The van der Waals surface area contributed by atoms with Crippen molar-refractivity contribution in [2.45, 2.75) is 0 Å². The lowest BCUT2D eigenvalue weighted by Crippen LogP contribution is -1.83. The SMILES string of the molecule is C=CS(=O)(=O)C=C.O. The van der Waals surface area contributed by atoms with Crippen molar-refractivity contribution in [3.8, 4) is 0 Å². The monoisotopic (exact) mass is 136 g/mol. The summed E-state index contributed by atoms with van der Waals surface area (Å²) < 4.78 is 20.3. The minimum absolute atomic E-state index is 0. The quantitative estimate of drug-likeness (QED) is 0.530. The maximum absolute atomic E-state index is 10.1. The summed E-state index contributed by atoms with van der Waals surface area (Å²) in [5.41, 5.74) is 0. The molecular weight excluding hydrogens is 128 g/mol. The van der Waals surface area contributed by atoms with Gasteiger partial charge in [-0.25, -0.2) is 8.42 Å². The summed E-state index contributed by atoms with van der Waals surface area (Å²) in [4.78, 5) is 0. The van der Waals surface area contributed by atoms with Gasteiger partial charge in [0, 0.05) is 10.8 Å². The van der Waals surface area contributed by atoms with Gasteiger partial charge in [-0.2, -0.15) is 0 Å². The molecule has 3 nitrogen and oxygen atoms in total. The van der Waals surface area contributed by atoms with Crippen LogP contribution in [0.15, 0.2) is 24.0 Å². The van der Waals surface area contributed by atoms with Crippen LogP contribution in [-0.2, 0) is 9.84 Å². The molecular formula is C4H8O3S. The van der Waals surface area contributed by atoms with Crippen LogP contribution in [0.2, 0.25) is 0 Å². The van der Waals surface area contributed by atoms with Crippen LogP contribution in [0.5, 0.6) is 0 Å². The molecule has 0 saturated carbocycles. The molecule has 0 aromatic carbocycles. The van der Waals surface area contributed by atoms with Gasteiger partial charge in [0.25, 0.3) is 0 Å². The molecule has 0 saturated heterocycles. The molecule has 0 aliphatic heterocycles. The van der Waals surface area contributed by atoms with Gasteiger partial charge in [0.05, 0.1) is 0 Å². The summed E-state index contributed by atoms with van der Waals surface area (Å²) in [5.74, 6) is 0. The predicted octanol–water partition coefficient (Wildman–Crippen LogP) is -0.137. The lowest BCUT2D eigenvalue weighted by molar-refractivity contribution is 0.613. The molecule has 0 atom stereocenters. The minimum Gasteiger partial charge on any atom is -0.412 e. The van der Waals surface area contributed by atoms with Crippen molar-refractivity contribution in [1.29, 1.82) is 0 Å². The third-order valence-corrected chi connectivity index (χ3v) is 1.39. The molecule has 0 spiro atoms. The summed E-state index contributed by atoms with van der Waals surface area (Å²) >= 11 is 0. The smallest absolute Gasteiger partial charge is 0.191 e. The average Bonchev–Trinajstić information content (AvgIpc) is 1.68. The van der Waals surface area contributed by atoms with E-state index in [4.69, 9.17) is 0 Å². The molecule has 2 N–H and O–H groups in total. The van der Waals surface area contributed by atoms with Gasteiger partial charge in [-0.15, -0.1) is 0 Å². The zero-order chi connectivity index (χ0) is 5.91. The Kier molecular flexibility index (Phi) is 4.41. The predicted molar refractivity (Wildman–Crippen MR) is 32.9 cm³/mol. The van der Waals surface area contributed by atoms with E-state index >= 15 is 0 Å². The van der Waals surface area contributed by atoms with E-state index in [-0.39, 0.29) is 5.48 Å². The molecule has 0 heterocycles. The van der Waals surface area contributed by atoms with Crippen molar-refractivity contribution in [3.63, 3.8) is 0 Å². The van der Waals surface area contributed by atoms with Gasteiger partial charge in [0.15, 0.2) is 9.84 Å². The van der Waals surface area contributed by atoms with Gasteiger partial charge in [0.1, 0.15) is 0 Å². The highest BCUT2D eigenvalue weighted by Crippen LogP contribution is 1.87. The Hall–Kier alpha value is -0.610. The molecule has 0 aliphatic carbocycles. The van der Waals surface area contributed by atoms with Gasteiger partial charge < -0.3 is 5.48 Å². The largest absolute Gasteiger partial charge is 0.412 e. The van der Waals surface area contributed by atoms with Gasteiger partial charge in [-0.3, -0.25) is 0 Å². The van der Waals surface area contributed by atoms with Crippen molar-refractivity contribution < 1.29 is 13.9 Å². The van der Waals surface area contributed by atoms with Crippen LogP contribution in [0, 0.1) is 0 Å². The molecule has 0 bridgehead atoms. The molecule has 0 unspecified atom stereocenters. The molecule has 0 aromatic rings. The third kappa shape index (κ3) is 3.58. The van der Waals surface area contributed by atoms with E-state index in [1.54, 1.807) is 0 Å². The Balaban J connectivity index is 0. The summed E-state index contributed by atoms with van der Waals surface area (Å²) in [7, 11) is -3.13. The first-order valence-electron chi connectivity index (χ1n) is 1.62. The van der Waals surface area contributed by atoms with Crippen molar-refractivity contribution in [2.75, 3.05) is 0 Å². The molecule has 0 fully saturated rings. The van der Waals surface area contributed by atoms with Crippen LogP contribution >= 0.6 is 0 Å². The number of sulfone groups is 1. The normalized spacial score (nSPS) is 9.00. The summed E-state index contributed by atoms with van der Waals surface area (Å²) in [5, 5.41) is 1.69. The highest BCUT2D eigenvalue weighted by atomic mass is 32.2. The van der Waals surface area contributed by atoms with E-state index < -0.39 is 9.84 Å². The second-order valence-corrected chi connectivity index (χ2v) is 2.77. The third-order valence-electron chi connectivity index (χ3n) is 0.465. The molecule has 0 radical (unpaired) electrons. The molecule has 0 amide bonds. The molecule has 0 aromatic heterocycles. The van der Waals surface area contributed by atoms with Gasteiger partial charge in [0.2, 0.25) is 0 Å². The lowest BCUT2D eigenvalue weighted by Gasteiger charge is -1.78. The fraction of sp³-hybridized carbons (Fsp3) is 0. The molecule has 48 valence electrons. The van der Waals surface area contributed by atoms with E-state index in [1.165, 1.54) is 0 Å². The van der Waals surface area contributed by atoms with Crippen molar-refractivity contribution in [3.05, 3.63) is 24.0 Å². The average molecular weight is 136 g/mol. The van der Waals surface area contributed by atoms with E-state index in [1.807, 2.05) is 0 Å². The Morgan fingerprint density at radius 3 is 1.38 bits per heavy atom. The fourth-order valence-corrected chi connectivity index (χ4v) is 0.204. The maximum atomic E-state index is 10.1. The van der Waals surface area contributed by atoms with Crippen LogP contribution < -0.4 is 0 Å². The van der Waals surface area contributed by atoms with Crippen molar-refractivity contribution >= 4 is 9.84 Å². The van der Waals surface area contributed by atoms with Crippen molar-refractivity contribution in [2.24, 2.45) is 0 Å².